The van der Waals surface area contributed by atoms with E-state index in [4.69, 9.17) is 24.2 Å². The fourth-order valence-corrected chi connectivity index (χ4v) is 13.2. The Morgan fingerprint density at radius 2 is 1.12 bits per heavy atom. The summed E-state index contributed by atoms with van der Waals surface area (Å²) in [4.78, 5) is 10.8. The third kappa shape index (κ3) is 4.04. The summed E-state index contributed by atoms with van der Waals surface area (Å²) >= 11 is 0. The van der Waals surface area contributed by atoms with Crippen LogP contribution in [0, 0.1) is 23.2 Å². The van der Waals surface area contributed by atoms with E-state index in [0.29, 0.717) is 41.9 Å². The Bertz CT molecular complexity index is 2890. The summed E-state index contributed by atoms with van der Waals surface area (Å²) in [6, 6.07) is 29.0. The van der Waals surface area contributed by atoms with Crippen molar-refractivity contribution in [3.8, 4) is 57.1 Å². The standard InChI is InChI=1S/C51H38B2N2O3/c1-51(2)33-11-3-9-27-25-29-21-22-30(32-26-28-10-4-12-34(51)46(28)52(44(29)32)45(27)33)35-13-5-15-37(54-35)38-16-6-14-36(55-38)31-23-24-43-49-50(31)58-42-20-8-19-41-48(42)53(49)47-39(56-41)17-7-18-40(47)57-43/h3-24,32-34,44-46H,25-26H2,1-2H3. The molecule has 2 aromatic heterocycles. The number of hydrogen-bond acceptors (Lipinski definition) is 5. The fraction of sp³-hybridized carbons (Fsp3) is 0.216. The average Bonchev–Trinajstić information content (AvgIpc) is 3.25. The summed E-state index contributed by atoms with van der Waals surface area (Å²) in [6.07, 6.45) is 21.9. The second kappa shape index (κ2) is 11.1. The highest BCUT2D eigenvalue weighted by Crippen LogP contribution is 2.72. The molecule has 3 fully saturated rings. The molecule has 3 aliphatic carbocycles. The van der Waals surface area contributed by atoms with Crippen LogP contribution in [0.1, 0.15) is 32.4 Å². The van der Waals surface area contributed by atoms with Crippen molar-refractivity contribution in [2.24, 2.45) is 23.2 Å². The van der Waals surface area contributed by atoms with Gasteiger partial charge in [-0.3, -0.25) is 0 Å². The van der Waals surface area contributed by atoms with Crippen LogP contribution in [0.2, 0.25) is 17.5 Å². The van der Waals surface area contributed by atoms with Gasteiger partial charge in [-0.05, 0) is 120 Å². The average molecular weight is 749 g/mol. The van der Waals surface area contributed by atoms with Gasteiger partial charge in [-0.25, -0.2) is 9.97 Å². The normalized spacial score (nSPS) is 27.1. The van der Waals surface area contributed by atoms with E-state index in [0.717, 1.165) is 92.1 Å². The van der Waals surface area contributed by atoms with Crippen LogP contribution >= 0.6 is 0 Å². The predicted molar refractivity (Wildman–Crippen MR) is 232 cm³/mol. The quantitative estimate of drug-likeness (QED) is 0.169. The summed E-state index contributed by atoms with van der Waals surface area (Å²) in [5.41, 5.74) is 14.2. The van der Waals surface area contributed by atoms with Crippen LogP contribution in [0.3, 0.4) is 0 Å². The van der Waals surface area contributed by atoms with Crippen LogP contribution in [0.5, 0.6) is 34.5 Å². The minimum Gasteiger partial charge on any atom is -0.458 e. The molecule has 3 saturated heterocycles. The van der Waals surface area contributed by atoms with Gasteiger partial charge in [-0.15, -0.1) is 0 Å². The lowest BCUT2D eigenvalue weighted by Crippen LogP contribution is -2.59. The molecular weight excluding hydrogens is 710 g/mol. The van der Waals surface area contributed by atoms with Gasteiger partial charge >= 0.3 is 0 Å². The van der Waals surface area contributed by atoms with Gasteiger partial charge in [0.05, 0.1) is 22.8 Å². The van der Waals surface area contributed by atoms with E-state index in [1.54, 1.807) is 16.7 Å². The van der Waals surface area contributed by atoms with Gasteiger partial charge in [0, 0.05) is 22.0 Å². The maximum absolute atomic E-state index is 6.81. The number of pyridine rings is 2. The van der Waals surface area contributed by atoms with Crippen molar-refractivity contribution in [3.63, 3.8) is 0 Å². The first-order chi connectivity index (χ1) is 28.5. The zero-order valence-corrected chi connectivity index (χ0v) is 32.4. The molecule has 5 aromatic rings. The molecule has 6 unspecified atom stereocenters. The van der Waals surface area contributed by atoms with Crippen LogP contribution in [0.15, 0.2) is 150 Å². The van der Waals surface area contributed by atoms with Gasteiger partial charge in [0.15, 0.2) is 6.71 Å². The first-order valence-electron chi connectivity index (χ1n) is 21.1. The minimum atomic E-state index is -0.0489. The number of aromatic nitrogens is 2. The number of ether oxygens (including phenoxy) is 3. The first-order valence-corrected chi connectivity index (χ1v) is 21.1. The molecule has 58 heavy (non-hydrogen) atoms. The third-order valence-corrected chi connectivity index (χ3v) is 15.5. The molecule has 0 spiro atoms. The molecule has 0 saturated carbocycles. The van der Waals surface area contributed by atoms with Crippen molar-refractivity contribution in [2.75, 3.05) is 0 Å². The van der Waals surface area contributed by atoms with Gasteiger partial charge in [0.25, 0.3) is 6.71 Å². The SMILES string of the molecule is CC1(C)C2C=CC=C3CC4=CC=C(c5cccc(-c6cccc(-c7ccc8c9c7Oc7cccc%10c7B9c7c(cccc7O8)O%10)n6)n5)C5CC6=CC=CC1C6B(C45)C32. The lowest BCUT2D eigenvalue weighted by molar-refractivity contribution is 0.146. The van der Waals surface area contributed by atoms with E-state index in [9.17, 15) is 0 Å². The molecular formula is C51H38B2N2O3. The second-order valence-corrected chi connectivity index (χ2v) is 18.4. The molecule has 6 aliphatic heterocycles. The van der Waals surface area contributed by atoms with Crippen molar-refractivity contribution in [2.45, 2.75) is 44.1 Å². The maximum atomic E-state index is 6.81. The monoisotopic (exact) mass is 748 g/mol. The van der Waals surface area contributed by atoms with Gasteiger partial charge < -0.3 is 14.2 Å². The summed E-state index contributed by atoms with van der Waals surface area (Å²) in [5, 5.41) is 0. The Morgan fingerprint density at radius 1 is 0.552 bits per heavy atom. The minimum absolute atomic E-state index is 0.0489. The second-order valence-electron chi connectivity index (χ2n) is 18.4. The zero-order chi connectivity index (χ0) is 38.0. The summed E-state index contributed by atoms with van der Waals surface area (Å²) in [6.45, 7) is 5.64. The molecule has 0 radical (unpaired) electrons. The van der Waals surface area contributed by atoms with Crippen LogP contribution < -0.4 is 30.6 Å². The van der Waals surface area contributed by atoms with Gasteiger partial charge in [-0.1, -0.05) is 103 Å². The van der Waals surface area contributed by atoms with Crippen LogP contribution in [0.25, 0.3) is 28.2 Å². The Hall–Kier alpha value is -6.07. The van der Waals surface area contributed by atoms with Gasteiger partial charge in [0.2, 0.25) is 0 Å². The molecule has 8 heterocycles. The Labute approximate surface area is 338 Å². The molecule has 3 aromatic carbocycles. The highest BCUT2D eigenvalue weighted by Gasteiger charge is 2.64. The van der Waals surface area contributed by atoms with E-state index < -0.39 is 0 Å². The van der Waals surface area contributed by atoms with E-state index >= 15 is 0 Å². The van der Waals surface area contributed by atoms with Crippen molar-refractivity contribution in [1.29, 1.82) is 0 Å². The van der Waals surface area contributed by atoms with Crippen molar-refractivity contribution in [1.82, 2.24) is 9.97 Å². The van der Waals surface area contributed by atoms with E-state index in [1.807, 2.05) is 36.4 Å². The van der Waals surface area contributed by atoms with Gasteiger partial charge in [0.1, 0.15) is 34.5 Å². The zero-order valence-electron chi connectivity index (χ0n) is 32.4. The lowest BCUT2D eigenvalue weighted by atomic mass is 9.12. The van der Waals surface area contributed by atoms with Crippen molar-refractivity contribution >= 4 is 35.4 Å². The Balaban J connectivity index is 0.852. The van der Waals surface area contributed by atoms with Crippen LogP contribution in [-0.2, 0) is 0 Å². The molecule has 0 N–H and O–H groups in total. The Kier molecular flexibility index (Phi) is 6.12. The highest BCUT2D eigenvalue weighted by atomic mass is 16.5. The van der Waals surface area contributed by atoms with E-state index in [2.05, 4.69) is 111 Å². The molecule has 276 valence electrons. The summed E-state index contributed by atoms with van der Waals surface area (Å²) < 4.78 is 19.7. The number of nitrogens with zero attached hydrogens (tertiary/aromatic N) is 2. The fourth-order valence-electron chi connectivity index (χ4n) is 13.2. The predicted octanol–water partition coefficient (Wildman–Crippen LogP) is 10.3. The van der Waals surface area contributed by atoms with Crippen LogP contribution in [0.4, 0.5) is 0 Å². The van der Waals surface area contributed by atoms with Crippen LogP contribution in [-0.4, -0.2) is 23.4 Å². The molecule has 0 amide bonds. The number of hydrogen-bond donors (Lipinski definition) is 0. The third-order valence-electron chi connectivity index (χ3n) is 15.5. The number of allylic oxidation sites excluding steroid dienone is 12. The smallest absolute Gasteiger partial charge is 0.270 e. The molecule has 14 rings (SSSR count). The van der Waals surface area contributed by atoms with Crippen molar-refractivity contribution < 1.29 is 14.2 Å². The topological polar surface area (TPSA) is 53.5 Å². The largest absolute Gasteiger partial charge is 0.458 e. The number of benzene rings is 3. The maximum Gasteiger partial charge on any atom is 0.270 e. The molecule has 6 atom stereocenters. The summed E-state index contributed by atoms with van der Waals surface area (Å²) in [5.74, 6) is 8.19. The Morgan fingerprint density at radius 3 is 1.84 bits per heavy atom. The first kappa shape index (κ1) is 32.0. The van der Waals surface area contributed by atoms with E-state index in [1.165, 1.54) is 5.57 Å². The highest BCUT2D eigenvalue weighted by molar-refractivity contribution is 6.99. The molecule has 9 aliphatic rings. The molecule has 5 nitrogen and oxygen atoms in total. The van der Waals surface area contributed by atoms with Crippen molar-refractivity contribution in [3.05, 3.63) is 156 Å². The summed E-state index contributed by atoms with van der Waals surface area (Å²) in [7, 11) is 0. The van der Waals surface area contributed by atoms with Gasteiger partial charge in [-0.2, -0.15) is 0 Å². The number of rotatable bonds is 3. The molecule has 7 heteroatoms. The molecule has 0 bridgehead atoms. The van der Waals surface area contributed by atoms with E-state index in [-0.39, 0.29) is 12.1 Å². The lowest BCUT2D eigenvalue weighted by Gasteiger charge is -2.64.